The second-order valence-corrected chi connectivity index (χ2v) is 5.48. The van der Waals surface area contributed by atoms with Gasteiger partial charge in [-0.05, 0) is 47.5 Å². The number of aryl methyl sites for hydroxylation is 1. The zero-order chi connectivity index (χ0) is 13.2. The predicted molar refractivity (Wildman–Crippen MR) is 81.7 cm³/mol. The van der Waals surface area contributed by atoms with Crippen LogP contribution in [0, 0.1) is 6.92 Å². The topological polar surface area (TPSA) is 35.2 Å². The molecule has 0 aliphatic carbocycles. The average Bonchev–Trinajstić information content (AvgIpc) is 2.81. The van der Waals surface area contributed by atoms with Gasteiger partial charge in [0, 0.05) is 16.0 Å². The first kappa shape index (κ1) is 12.1. The Morgan fingerprint density at radius 1 is 1.16 bits per heavy atom. The van der Waals surface area contributed by atoms with Crippen molar-refractivity contribution in [1.29, 1.82) is 0 Å². The lowest BCUT2D eigenvalue weighted by atomic mass is 10.2. The largest absolute Gasteiger partial charge is 0.489 e. The Balaban J connectivity index is 1.82. The summed E-state index contributed by atoms with van der Waals surface area (Å²) < 4.78 is 7.20. The number of hydrogen-bond donors (Lipinski definition) is 1. The van der Waals surface area contributed by atoms with Crippen LogP contribution < -0.4 is 10.5 Å². The first-order valence-electron chi connectivity index (χ1n) is 6.18. The molecule has 0 atom stereocenters. The summed E-state index contributed by atoms with van der Waals surface area (Å²) in [5.41, 5.74) is 8.81. The summed E-state index contributed by atoms with van der Waals surface area (Å²) in [5.74, 6) is 0.893. The summed E-state index contributed by atoms with van der Waals surface area (Å²) in [6.45, 7) is 2.60. The van der Waals surface area contributed by atoms with Gasteiger partial charge >= 0.3 is 0 Å². The second-order valence-electron chi connectivity index (χ2n) is 4.57. The highest BCUT2D eigenvalue weighted by molar-refractivity contribution is 7.17. The fourth-order valence-electron chi connectivity index (χ4n) is 2.13. The van der Waals surface area contributed by atoms with Gasteiger partial charge in [0.25, 0.3) is 0 Å². The van der Waals surface area contributed by atoms with Gasteiger partial charge in [0.1, 0.15) is 12.4 Å². The first-order chi connectivity index (χ1) is 9.24. The molecular formula is C16H15NOS. The van der Waals surface area contributed by atoms with Crippen LogP contribution in [0.25, 0.3) is 10.1 Å². The Morgan fingerprint density at radius 3 is 2.84 bits per heavy atom. The number of anilines is 1. The summed E-state index contributed by atoms with van der Waals surface area (Å²) in [4.78, 5) is 0. The van der Waals surface area contributed by atoms with Crippen LogP contribution in [0.15, 0.2) is 47.8 Å². The number of nitrogen functional groups attached to an aromatic ring is 1. The highest BCUT2D eigenvalue weighted by Crippen LogP contribution is 2.27. The third-order valence-corrected chi connectivity index (χ3v) is 4.16. The molecule has 3 heteroatoms. The van der Waals surface area contributed by atoms with E-state index in [1.54, 1.807) is 11.3 Å². The van der Waals surface area contributed by atoms with Gasteiger partial charge in [0.15, 0.2) is 0 Å². The van der Waals surface area contributed by atoms with E-state index in [9.17, 15) is 0 Å². The fraction of sp³-hybridized carbons (Fsp3) is 0.125. The number of rotatable bonds is 3. The molecule has 2 nitrogen and oxygen atoms in total. The Kier molecular flexibility index (Phi) is 3.13. The molecule has 0 saturated heterocycles. The normalized spacial score (nSPS) is 10.8. The molecule has 19 heavy (non-hydrogen) atoms. The molecule has 0 aliphatic rings. The summed E-state index contributed by atoms with van der Waals surface area (Å²) in [6, 6.07) is 14.1. The maximum Gasteiger partial charge on any atom is 0.122 e. The second kappa shape index (κ2) is 4.94. The molecule has 0 bridgehead atoms. The highest BCUT2D eigenvalue weighted by atomic mass is 32.1. The molecule has 0 amide bonds. The van der Waals surface area contributed by atoms with Crippen LogP contribution in [0.2, 0.25) is 0 Å². The lowest BCUT2D eigenvalue weighted by Crippen LogP contribution is -1.97. The number of nitrogens with two attached hydrogens (primary N) is 1. The Labute approximate surface area is 116 Å². The Morgan fingerprint density at radius 2 is 2.00 bits per heavy atom. The van der Waals surface area contributed by atoms with E-state index in [0.29, 0.717) is 6.61 Å². The molecular weight excluding hydrogens is 254 g/mol. The summed E-state index contributed by atoms with van der Waals surface area (Å²) >= 11 is 1.76. The van der Waals surface area contributed by atoms with Crippen LogP contribution in [0.5, 0.6) is 5.75 Å². The zero-order valence-electron chi connectivity index (χ0n) is 10.7. The molecule has 2 N–H and O–H groups in total. The molecule has 1 aromatic heterocycles. The maximum atomic E-state index is 5.90. The van der Waals surface area contributed by atoms with E-state index in [2.05, 4.69) is 29.6 Å². The van der Waals surface area contributed by atoms with Crippen molar-refractivity contribution in [2.24, 2.45) is 0 Å². The van der Waals surface area contributed by atoms with Gasteiger partial charge in [-0.25, -0.2) is 0 Å². The van der Waals surface area contributed by atoms with Crippen molar-refractivity contribution in [2.45, 2.75) is 13.5 Å². The van der Waals surface area contributed by atoms with Crippen molar-refractivity contribution in [1.82, 2.24) is 0 Å². The van der Waals surface area contributed by atoms with Crippen LogP contribution in [-0.4, -0.2) is 0 Å². The molecule has 3 rings (SSSR count). The average molecular weight is 269 g/mol. The number of benzene rings is 2. The van der Waals surface area contributed by atoms with Gasteiger partial charge in [-0.3, -0.25) is 0 Å². The molecule has 0 unspecified atom stereocenters. The SMILES string of the molecule is Cc1cc(N)ccc1OCc1csc2ccccc12. The highest BCUT2D eigenvalue weighted by Gasteiger charge is 2.05. The van der Waals surface area contributed by atoms with E-state index >= 15 is 0 Å². The summed E-state index contributed by atoms with van der Waals surface area (Å²) in [5, 5.41) is 3.44. The van der Waals surface area contributed by atoms with Crippen LogP contribution in [0.3, 0.4) is 0 Å². The van der Waals surface area contributed by atoms with Crippen molar-refractivity contribution in [3.8, 4) is 5.75 Å². The van der Waals surface area contributed by atoms with E-state index in [1.807, 2.05) is 25.1 Å². The Hall–Kier alpha value is -2.00. The number of fused-ring (bicyclic) bond motifs is 1. The van der Waals surface area contributed by atoms with Crippen molar-refractivity contribution >= 4 is 27.1 Å². The molecule has 3 aromatic rings. The molecule has 0 fully saturated rings. The number of hydrogen-bond acceptors (Lipinski definition) is 3. The van der Waals surface area contributed by atoms with Crippen molar-refractivity contribution in [3.05, 3.63) is 59.0 Å². The summed E-state index contributed by atoms with van der Waals surface area (Å²) in [7, 11) is 0. The Bertz CT molecular complexity index is 718. The number of thiophene rings is 1. The lowest BCUT2D eigenvalue weighted by Gasteiger charge is -2.09. The number of ether oxygens (including phenoxy) is 1. The third-order valence-electron chi connectivity index (χ3n) is 3.14. The van der Waals surface area contributed by atoms with Crippen LogP contribution in [0.4, 0.5) is 5.69 Å². The minimum Gasteiger partial charge on any atom is -0.489 e. The van der Waals surface area contributed by atoms with E-state index in [4.69, 9.17) is 10.5 Å². The van der Waals surface area contributed by atoms with Crippen molar-refractivity contribution in [3.63, 3.8) is 0 Å². The fourth-order valence-corrected chi connectivity index (χ4v) is 3.08. The third kappa shape index (κ3) is 2.42. The van der Waals surface area contributed by atoms with Crippen molar-refractivity contribution in [2.75, 3.05) is 5.73 Å². The molecule has 0 aliphatic heterocycles. The van der Waals surface area contributed by atoms with Gasteiger partial charge < -0.3 is 10.5 Å². The standard InChI is InChI=1S/C16H15NOS/c1-11-8-13(17)6-7-15(11)18-9-12-10-19-16-5-3-2-4-14(12)16/h2-8,10H,9,17H2,1H3. The first-order valence-corrected chi connectivity index (χ1v) is 7.06. The van der Waals surface area contributed by atoms with E-state index < -0.39 is 0 Å². The quantitative estimate of drug-likeness (QED) is 0.716. The van der Waals surface area contributed by atoms with Gasteiger partial charge in [0.05, 0.1) is 0 Å². The van der Waals surface area contributed by atoms with Crippen LogP contribution >= 0.6 is 11.3 Å². The smallest absolute Gasteiger partial charge is 0.122 e. The monoisotopic (exact) mass is 269 g/mol. The molecule has 0 radical (unpaired) electrons. The summed E-state index contributed by atoms with van der Waals surface area (Å²) in [6.07, 6.45) is 0. The molecule has 0 saturated carbocycles. The van der Waals surface area contributed by atoms with Crippen molar-refractivity contribution < 1.29 is 4.74 Å². The minimum absolute atomic E-state index is 0.592. The van der Waals surface area contributed by atoms with Crippen LogP contribution in [0.1, 0.15) is 11.1 Å². The maximum absolute atomic E-state index is 5.90. The van der Waals surface area contributed by atoms with Gasteiger partial charge in [-0.2, -0.15) is 0 Å². The molecule has 2 aromatic carbocycles. The molecule has 1 heterocycles. The molecule has 0 spiro atoms. The van der Waals surface area contributed by atoms with Gasteiger partial charge in [-0.1, -0.05) is 18.2 Å². The van der Waals surface area contributed by atoms with E-state index in [-0.39, 0.29) is 0 Å². The van der Waals surface area contributed by atoms with Crippen LogP contribution in [-0.2, 0) is 6.61 Å². The lowest BCUT2D eigenvalue weighted by molar-refractivity contribution is 0.306. The zero-order valence-corrected chi connectivity index (χ0v) is 11.5. The van der Waals surface area contributed by atoms with E-state index in [1.165, 1.54) is 15.6 Å². The van der Waals surface area contributed by atoms with E-state index in [0.717, 1.165) is 17.0 Å². The predicted octanol–water partition coefficient (Wildman–Crippen LogP) is 4.37. The molecule has 96 valence electrons. The minimum atomic E-state index is 0.592. The van der Waals surface area contributed by atoms with Gasteiger partial charge in [-0.15, -0.1) is 11.3 Å². The van der Waals surface area contributed by atoms with Gasteiger partial charge in [0.2, 0.25) is 0 Å².